The highest BCUT2D eigenvalue weighted by molar-refractivity contribution is 5.91. The molecule has 3 heterocycles. The molecule has 8 nitrogen and oxygen atoms in total. The number of rotatable bonds is 6. The fraction of sp³-hybridized carbons (Fsp3) is 0.0870. The minimum absolute atomic E-state index is 0.191. The van der Waals surface area contributed by atoms with E-state index in [9.17, 15) is 4.39 Å². The fourth-order valence-electron chi connectivity index (χ4n) is 3.37. The van der Waals surface area contributed by atoms with Crippen LogP contribution in [0.3, 0.4) is 0 Å². The van der Waals surface area contributed by atoms with Gasteiger partial charge in [-0.05, 0) is 18.2 Å². The van der Waals surface area contributed by atoms with Crippen LogP contribution >= 0.6 is 0 Å². The summed E-state index contributed by atoms with van der Waals surface area (Å²) in [5.74, 6) is 0.624. The van der Waals surface area contributed by atoms with Crippen LogP contribution in [0.2, 0.25) is 0 Å². The number of halogens is 1. The van der Waals surface area contributed by atoms with Crippen molar-refractivity contribution in [1.29, 1.82) is 0 Å². The Bertz CT molecular complexity index is 1390. The summed E-state index contributed by atoms with van der Waals surface area (Å²) in [6.07, 6.45) is 4.60. The van der Waals surface area contributed by atoms with E-state index in [1.807, 2.05) is 24.3 Å². The lowest BCUT2D eigenvalue weighted by atomic mass is 10.2. The van der Waals surface area contributed by atoms with Crippen LogP contribution in [0.5, 0.6) is 5.75 Å². The first-order chi connectivity index (χ1) is 15.7. The maximum absolute atomic E-state index is 14.2. The first kappa shape index (κ1) is 19.6. The number of aromatic nitrogens is 6. The molecule has 0 aliphatic heterocycles. The Morgan fingerprint density at radius 3 is 2.66 bits per heavy atom. The molecule has 32 heavy (non-hydrogen) atoms. The molecule has 3 aromatic heterocycles. The van der Waals surface area contributed by atoms with Crippen LogP contribution < -0.4 is 10.5 Å². The van der Waals surface area contributed by atoms with Gasteiger partial charge in [0.2, 0.25) is 0 Å². The number of hydrogen-bond donors (Lipinski definition) is 1. The van der Waals surface area contributed by atoms with Gasteiger partial charge in [-0.15, -0.1) is 0 Å². The second-order valence-corrected chi connectivity index (χ2v) is 7.05. The first-order valence-corrected chi connectivity index (χ1v) is 9.88. The van der Waals surface area contributed by atoms with Gasteiger partial charge in [-0.3, -0.25) is 4.68 Å². The van der Waals surface area contributed by atoms with Gasteiger partial charge in [0, 0.05) is 17.1 Å². The maximum atomic E-state index is 14.2. The minimum atomic E-state index is -0.278. The number of anilines is 1. The van der Waals surface area contributed by atoms with Gasteiger partial charge in [0.1, 0.15) is 24.4 Å². The third-order valence-electron chi connectivity index (χ3n) is 4.95. The molecule has 0 saturated heterocycles. The van der Waals surface area contributed by atoms with Crippen molar-refractivity contribution in [1.82, 2.24) is 29.7 Å². The summed E-state index contributed by atoms with van der Waals surface area (Å²) in [5, 5.41) is 5.52. The van der Waals surface area contributed by atoms with Crippen molar-refractivity contribution >= 4 is 16.7 Å². The predicted molar refractivity (Wildman–Crippen MR) is 117 cm³/mol. The van der Waals surface area contributed by atoms with Crippen molar-refractivity contribution in [3.63, 3.8) is 0 Å². The van der Waals surface area contributed by atoms with Crippen molar-refractivity contribution in [2.75, 3.05) is 5.73 Å². The Balaban J connectivity index is 1.47. The number of nitrogens with zero attached hydrogens (tertiary/aromatic N) is 6. The highest BCUT2D eigenvalue weighted by atomic mass is 19.1. The Morgan fingerprint density at radius 2 is 1.84 bits per heavy atom. The third-order valence-corrected chi connectivity index (χ3v) is 4.95. The van der Waals surface area contributed by atoms with Crippen molar-refractivity contribution in [2.45, 2.75) is 13.2 Å². The van der Waals surface area contributed by atoms with E-state index in [0.717, 1.165) is 10.9 Å². The number of para-hydroxylation sites is 1. The SMILES string of the molecule is Nc1nc(-c2nn(Cc3ccccc3F)c3ccccc23)ncc1OCc1ccncn1. The summed E-state index contributed by atoms with van der Waals surface area (Å²) >= 11 is 0. The van der Waals surface area contributed by atoms with E-state index in [0.29, 0.717) is 28.5 Å². The Kier molecular flexibility index (Phi) is 5.12. The molecule has 9 heteroatoms. The van der Waals surface area contributed by atoms with Crippen LogP contribution in [-0.4, -0.2) is 29.7 Å². The molecule has 0 amide bonds. The number of nitrogens with two attached hydrogens (primary N) is 1. The van der Waals surface area contributed by atoms with Crippen molar-refractivity contribution < 1.29 is 9.13 Å². The second kappa shape index (κ2) is 8.38. The highest BCUT2D eigenvalue weighted by Crippen LogP contribution is 2.29. The van der Waals surface area contributed by atoms with E-state index in [1.54, 1.807) is 35.1 Å². The van der Waals surface area contributed by atoms with Crippen LogP contribution in [-0.2, 0) is 13.2 Å². The summed E-state index contributed by atoms with van der Waals surface area (Å²) in [6.45, 7) is 0.498. The van der Waals surface area contributed by atoms with Crippen LogP contribution in [0.4, 0.5) is 10.2 Å². The average molecular weight is 427 g/mol. The summed E-state index contributed by atoms with van der Waals surface area (Å²) in [7, 11) is 0. The monoisotopic (exact) mass is 427 g/mol. The van der Waals surface area contributed by atoms with E-state index < -0.39 is 0 Å². The van der Waals surface area contributed by atoms with E-state index in [-0.39, 0.29) is 24.8 Å². The number of hydrogen-bond acceptors (Lipinski definition) is 7. The number of ether oxygens (including phenoxy) is 1. The van der Waals surface area contributed by atoms with Crippen molar-refractivity contribution in [3.05, 3.63) is 90.4 Å². The molecule has 0 atom stereocenters. The van der Waals surface area contributed by atoms with Gasteiger partial charge in [0.15, 0.2) is 17.4 Å². The van der Waals surface area contributed by atoms with E-state index in [4.69, 9.17) is 10.5 Å². The molecular formula is C23H18FN7O. The molecule has 0 unspecified atom stereocenters. The fourth-order valence-corrected chi connectivity index (χ4v) is 3.37. The maximum Gasteiger partial charge on any atom is 0.182 e. The molecule has 0 saturated carbocycles. The molecule has 158 valence electrons. The van der Waals surface area contributed by atoms with Gasteiger partial charge < -0.3 is 10.5 Å². The van der Waals surface area contributed by atoms with Crippen LogP contribution in [0.1, 0.15) is 11.3 Å². The molecule has 0 aliphatic rings. The zero-order valence-corrected chi connectivity index (χ0v) is 16.9. The highest BCUT2D eigenvalue weighted by Gasteiger charge is 2.17. The lowest BCUT2D eigenvalue weighted by molar-refractivity contribution is 0.300. The Labute approximate surface area is 182 Å². The zero-order chi connectivity index (χ0) is 21.9. The zero-order valence-electron chi connectivity index (χ0n) is 16.9. The van der Waals surface area contributed by atoms with Gasteiger partial charge in [0.05, 0.1) is 24.0 Å². The summed E-state index contributed by atoms with van der Waals surface area (Å²) in [6, 6.07) is 16.1. The van der Waals surface area contributed by atoms with Crippen molar-refractivity contribution in [2.24, 2.45) is 0 Å². The molecule has 0 spiro atoms. The predicted octanol–water partition coefficient (Wildman–Crippen LogP) is 3.63. The van der Waals surface area contributed by atoms with Crippen LogP contribution in [0.15, 0.2) is 73.3 Å². The molecule has 2 N–H and O–H groups in total. The van der Waals surface area contributed by atoms with Gasteiger partial charge in [-0.2, -0.15) is 5.10 Å². The van der Waals surface area contributed by atoms with Gasteiger partial charge in [-0.25, -0.2) is 24.3 Å². The molecule has 0 aliphatic carbocycles. The van der Waals surface area contributed by atoms with Crippen LogP contribution in [0.25, 0.3) is 22.4 Å². The summed E-state index contributed by atoms with van der Waals surface area (Å²) < 4.78 is 21.6. The Hall–Kier alpha value is -4.40. The summed E-state index contributed by atoms with van der Waals surface area (Å²) in [5.41, 5.74) is 8.78. The topological polar surface area (TPSA) is 105 Å². The summed E-state index contributed by atoms with van der Waals surface area (Å²) in [4.78, 5) is 16.8. The normalized spacial score (nSPS) is 11.0. The Morgan fingerprint density at radius 1 is 1.00 bits per heavy atom. The van der Waals surface area contributed by atoms with Gasteiger partial charge in [0.25, 0.3) is 0 Å². The molecule has 5 rings (SSSR count). The van der Waals surface area contributed by atoms with Crippen molar-refractivity contribution in [3.8, 4) is 17.3 Å². The largest absolute Gasteiger partial charge is 0.482 e. The smallest absolute Gasteiger partial charge is 0.182 e. The third kappa shape index (κ3) is 3.83. The van der Waals surface area contributed by atoms with Gasteiger partial charge in [-0.1, -0.05) is 36.4 Å². The number of fused-ring (bicyclic) bond motifs is 1. The molecule has 0 fully saturated rings. The van der Waals surface area contributed by atoms with E-state index in [2.05, 4.69) is 25.0 Å². The number of nitrogen functional groups attached to an aromatic ring is 1. The number of benzene rings is 2. The van der Waals surface area contributed by atoms with Gasteiger partial charge >= 0.3 is 0 Å². The standard InChI is InChI=1S/C23H18FN7O/c24-18-7-3-1-5-15(18)12-31-19-8-4-2-6-17(19)21(30-31)23-27-11-20(22(25)29-23)32-13-16-9-10-26-14-28-16/h1-11,14H,12-13H2,(H2,25,27,29). The molecular weight excluding hydrogens is 409 g/mol. The molecule has 0 radical (unpaired) electrons. The van der Waals surface area contributed by atoms with E-state index >= 15 is 0 Å². The minimum Gasteiger partial charge on any atom is -0.482 e. The molecule has 5 aromatic rings. The first-order valence-electron chi connectivity index (χ1n) is 9.88. The lowest BCUT2D eigenvalue weighted by Gasteiger charge is -2.08. The van der Waals surface area contributed by atoms with E-state index in [1.165, 1.54) is 18.6 Å². The quantitative estimate of drug-likeness (QED) is 0.441. The average Bonchev–Trinajstić information content (AvgIpc) is 3.19. The molecule has 0 bridgehead atoms. The van der Waals surface area contributed by atoms with Crippen LogP contribution in [0, 0.1) is 5.82 Å². The lowest BCUT2D eigenvalue weighted by Crippen LogP contribution is -2.05. The molecule has 2 aromatic carbocycles. The second-order valence-electron chi connectivity index (χ2n) is 7.05.